The van der Waals surface area contributed by atoms with E-state index in [1.165, 1.54) is 11.8 Å². The third-order valence-corrected chi connectivity index (χ3v) is 4.81. The van der Waals surface area contributed by atoms with Crippen LogP contribution in [0.15, 0.2) is 57.3 Å². The van der Waals surface area contributed by atoms with Gasteiger partial charge in [-0.3, -0.25) is 0 Å². The van der Waals surface area contributed by atoms with Gasteiger partial charge in [0.05, 0.1) is 16.1 Å². The van der Waals surface area contributed by atoms with Gasteiger partial charge < -0.3 is 9.63 Å². The zero-order valence-corrected chi connectivity index (χ0v) is 12.5. The van der Waals surface area contributed by atoms with Crippen molar-refractivity contribution in [1.29, 1.82) is 0 Å². The van der Waals surface area contributed by atoms with Crippen LogP contribution in [0, 0.1) is 0 Å². The van der Waals surface area contributed by atoms with Crippen LogP contribution in [-0.4, -0.2) is 16.2 Å². The Morgan fingerprint density at radius 2 is 2.14 bits per heavy atom. The molecule has 2 heterocycles. The molecule has 0 amide bonds. The Hall–Kier alpha value is -2.05. The van der Waals surface area contributed by atoms with E-state index >= 15 is 0 Å². The zero-order chi connectivity index (χ0) is 14.7. The maximum absolute atomic E-state index is 11.1. The number of thioether (sulfide) groups is 1. The summed E-state index contributed by atoms with van der Waals surface area (Å²) in [6.45, 7) is 0. The normalized spacial score (nSPS) is 10.7. The number of aromatic carboxylic acids is 1. The molecule has 0 saturated heterocycles. The molecule has 0 aliphatic carbocycles. The molecular weight excluding hydrogens is 306 g/mol. The predicted octanol–water partition coefficient (Wildman–Crippen LogP) is 4.39. The van der Waals surface area contributed by atoms with E-state index in [0.717, 1.165) is 21.2 Å². The molecule has 3 aromatic rings. The Bertz CT molecular complexity index is 750. The standard InChI is InChI=1S/C15H11NO3S2/c17-15(18)11-4-1-2-5-13(11)21-9-10-8-12(19-16-10)14-6-3-7-20-14/h1-8H,9H2,(H,17,18). The smallest absolute Gasteiger partial charge is 0.336 e. The Kier molecular flexibility index (Phi) is 4.08. The lowest BCUT2D eigenvalue weighted by Crippen LogP contribution is -1.98. The first kappa shape index (κ1) is 13.9. The summed E-state index contributed by atoms with van der Waals surface area (Å²) in [6, 6.07) is 12.8. The lowest BCUT2D eigenvalue weighted by atomic mass is 10.2. The Morgan fingerprint density at radius 1 is 1.29 bits per heavy atom. The lowest BCUT2D eigenvalue weighted by Gasteiger charge is -2.03. The number of rotatable bonds is 5. The van der Waals surface area contributed by atoms with E-state index in [-0.39, 0.29) is 0 Å². The van der Waals surface area contributed by atoms with Crippen LogP contribution in [0.3, 0.4) is 0 Å². The molecule has 0 aliphatic heterocycles. The number of hydrogen-bond donors (Lipinski definition) is 1. The fourth-order valence-electron chi connectivity index (χ4n) is 1.84. The fraction of sp³-hybridized carbons (Fsp3) is 0.0667. The van der Waals surface area contributed by atoms with Gasteiger partial charge >= 0.3 is 5.97 Å². The van der Waals surface area contributed by atoms with E-state index in [0.29, 0.717) is 11.3 Å². The first-order chi connectivity index (χ1) is 10.2. The molecule has 0 aliphatic rings. The monoisotopic (exact) mass is 317 g/mol. The first-order valence-corrected chi connectivity index (χ1v) is 8.05. The van der Waals surface area contributed by atoms with Crippen LogP contribution in [0.4, 0.5) is 0 Å². The molecule has 1 N–H and O–H groups in total. The molecule has 106 valence electrons. The number of aromatic nitrogens is 1. The summed E-state index contributed by atoms with van der Waals surface area (Å²) in [4.78, 5) is 12.9. The molecule has 0 spiro atoms. The number of carbonyl (C=O) groups is 1. The topological polar surface area (TPSA) is 63.3 Å². The van der Waals surface area contributed by atoms with Gasteiger partial charge in [0, 0.05) is 16.7 Å². The van der Waals surface area contributed by atoms with Crippen LogP contribution in [0.5, 0.6) is 0 Å². The highest BCUT2D eigenvalue weighted by Crippen LogP contribution is 2.29. The van der Waals surface area contributed by atoms with E-state index < -0.39 is 5.97 Å². The van der Waals surface area contributed by atoms with Crippen LogP contribution in [0.2, 0.25) is 0 Å². The first-order valence-electron chi connectivity index (χ1n) is 6.18. The average molecular weight is 317 g/mol. The quantitative estimate of drug-likeness (QED) is 0.707. The molecule has 2 aromatic heterocycles. The van der Waals surface area contributed by atoms with Crippen molar-refractivity contribution in [3.8, 4) is 10.6 Å². The molecule has 0 fully saturated rings. The highest BCUT2D eigenvalue weighted by atomic mass is 32.2. The molecule has 0 atom stereocenters. The molecule has 1 aromatic carbocycles. The summed E-state index contributed by atoms with van der Waals surface area (Å²) >= 11 is 3.03. The van der Waals surface area contributed by atoms with Crippen LogP contribution in [0.1, 0.15) is 16.1 Å². The number of benzene rings is 1. The number of carboxylic acids is 1. The number of carboxylic acid groups (broad SMARTS) is 1. The Labute approximate surface area is 129 Å². The molecule has 4 nitrogen and oxygen atoms in total. The van der Waals surface area contributed by atoms with Crippen molar-refractivity contribution in [3.05, 3.63) is 59.1 Å². The predicted molar refractivity (Wildman–Crippen MR) is 82.8 cm³/mol. The van der Waals surface area contributed by atoms with Gasteiger partial charge in [0.25, 0.3) is 0 Å². The van der Waals surface area contributed by atoms with Gasteiger partial charge in [-0.15, -0.1) is 23.1 Å². The molecule has 0 unspecified atom stereocenters. The van der Waals surface area contributed by atoms with Crippen LogP contribution < -0.4 is 0 Å². The molecule has 0 saturated carbocycles. The highest BCUT2D eigenvalue weighted by Gasteiger charge is 2.12. The third-order valence-electron chi connectivity index (χ3n) is 2.82. The Morgan fingerprint density at radius 3 is 2.90 bits per heavy atom. The summed E-state index contributed by atoms with van der Waals surface area (Å²) in [6.07, 6.45) is 0. The van der Waals surface area contributed by atoms with E-state index in [1.54, 1.807) is 29.5 Å². The van der Waals surface area contributed by atoms with E-state index in [2.05, 4.69) is 5.16 Å². The van der Waals surface area contributed by atoms with Gasteiger partial charge in [0.2, 0.25) is 0 Å². The van der Waals surface area contributed by atoms with Gasteiger partial charge in [-0.05, 0) is 23.6 Å². The van der Waals surface area contributed by atoms with Crippen molar-refractivity contribution in [2.45, 2.75) is 10.6 Å². The van der Waals surface area contributed by atoms with E-state index in [4.69, 9.17) is 9.63 Å². The summed E-state index contributed by atoms with van der Waals surface area (Å²) in [5, 5.41) is 15.2. The van der Waals surface area contributed by atoms with E-state index in [1.807, 2.05) is 29.6 Å². The van der Waals surface area contributed by atoms with Gasteiger partial charge in [0.1, 0.15) is 0 Å². The van der Waals surface area contributed by atoms with Crippen molar-refractivity contribution in [2.75, 3.05) is 0 Å². The second-order valence-corrected chi connectivity index (χ2v) is 6.21. The second kappa shape index (κ2) is 6.15. The van der Waals surface area contributed by atoms with Gasteiger partial charge in [0.15, 0.2) is 5.76 Å². The maximum Gasteiger partial charge on any atom is 0.336 e. The Balaban J connectivity index is 1.73. The van der Waals surface area contributed by atoms with Gasteiger partial charge in [-0.25, -0.2) is 4.79 Å². The minimum atomic E-state index is -0.919. The van der Waals surface area contributed by atoms with Gasteiger partial charge in [-0.2, -0.15) is 0 Å². The number of thiophene rings is 1. The fourth-order valence-corrected chi connectivity index (χ4v) is 3.43. The van der Waals surface area contributed by atoms with Crippen LogP contribution in [0.25, 0.3) is 10.6 Å². The molecule has 21 heavy (non-hydrogen) atoms. The summed E-state index contributed by atoms with van der Waals surface area (Å²) in [5.74, 6) is 0.392. The van der Waals surface area contributed by atoms with Crippen molar-refractivity contribution in [3.63, 3.8) is 0 Å². The maximum atomic E-state index is 11.1. The molecule has 6 heteroatoms. The SMILES string of the molecule is O=C(O)c1ccccc1SCc1cc(-c2cccs2)on1. The van der Waals surface area contributed by atoms with E-state index in [9.17, 15) is 4.79 Å². The summed E-state index contributed by atoms with van der Waals surface area (Å²) in [7, 11) is 0. The number of hydrogen-bond acceptors (Lipinski definition) is 5. The van der Waals surface area contributed by atoms with Crippen molar-refractivity contribution in [2.24, 2.45) is 0 Å². The van der Waals surface area contributed by atoms with Crippen molar-refractivity contribution >= 4 is 29.1 Å². The minimum absolute atomic E-state index is 0.310. The van der Waals surface area contributed by atoms with Crippen LogP contribution >= 0.6 is 23.1 Å². The van der Waals surface area contributed by atoms with Crippen molar-refractivity contribution < 1.29 is 14.4 Å². The highest BCUT2D eigenvalue weighted by molar-refractivity contribution is 7.98. The lowest BCUT2D eigenvalue weighted by molar-refractivity contribution is 0.0693. The molecule has 0 radical (unpaired) electrons. The largest absolute Gasteiger partial charge is 0.478 e. The summed E-state index contributed by atoms with van der Waals surface area (Å²) in [5.41, 5.74) is 1.10. The minimum Gasteiger partial charge on any atom is -0.478 e. The van der Waals surface area contributed by atoms with Crippen LogP contribution in [-0.2, 0) is 5.75 Å². The molecule has 3 rings (SSSR count). The second-order valence-electron chi connectivity index (χ2n) is 4.25. The molecular formula is C15H11NO3S2. The van der Waals surface area contributed by atoms with Crippen molar-refractivity contribution in [1.82, 2.24) is 5.16 Å². The zero-order valence-electron chi connectivity index (χ0n) is 10.9. The van der Waals surface area contributed by atoms with Gasteiger partial charge in [-0.1, -0.05) is 23.4 Å². The molecule has 0 bridgehead atoms. The summed E-state index contributed by atoms with van der Waals surface area (Å²) < 4.78 is 5.31. The third kappa shape index (κ3) is 3.17. The average Bonchev–Trinajstić information content (AvgIpc) is 3.16. The number of nitrogens with zero attached hydrogens (tertiary/aromatic N) is 1.